The van der Waals surface area contributed by atoms with Crippen LogP contribution in [-0.4, -0.2) is 8.32 Å². The largest absolute Gasteiger partial charge is 0.548 e. The Morgan fingerprint density at radius 1 is 1.08 bits per heavy atom. The molecule has 0 amide bonds. The van der Waals surface area contributed by atoms with Gasteiger partial charge < -0.3 is 4.43 Å². The Kier molecular flexibility index (Phi) is 4.04. The third kappa shape index (κ3) is 5.14. The molecule has 1 rings (SSSR count). The van der Waals surface area contributed by atoms with Crippen molar-refractivity contribution in [3.63, 3.8) is 0 Å². The fraction of sp³-hybridized carbons (Fsp3) is 0.818. The van der Waals surface area contributed by atoms with Crippen molar-refractivity contribution in [3.05, 3.63) is 11.8 Å². The summed E-state index contributed by atoms with van der Waals surface area (Å²) in [4.78, 5) is 0. The van der Waals surface area contributed by atoms with E-state index >= 15 is 0 Å². The Labute approximate surface area is 83.3 Å². The summed E-state index contributed by atoms with van der Waals surface area (Å²) in [6, 6.07) is 0. The van der Waals surface area contributed by atoms with Gasteiger partial charge >= 0.3 is 0 Å². The standard InChI is InChI=1S/C11H22OSi/c1-13(2,3)12-11-9-7-5-4-6-8-10-11/h9H,4-8,10H2,1-3H3/b11-9+. The molecular weight excluding hydrogens is 176 g/mol. The molecule has 0 aliphatic heterocycles. The lowest BCUT2D eigenvalue weighted by molar-refractivity contribution is 0.383. The van der Waals surface area contributed by atoms with E-state index in [1.165, 1.54) is 44.3 Å². The molecule has 0 aromatic rings. The molecule has 0 N–H and O–H groups in total. The number of hydrogen-bond acceptors (Lipinski definition) is 1. The first-order valence-electron chi connectivity index (χ1n) is 5.46. The van der Waals surface area contributed by atoms with Crippen molar-refractivity contribution in [2.24, 2.45) is 0 Å². The molecule has 1 nitrogen and oxygen atoms in total. The zero-order valence-corrected chi connectivity index (χ0v) is 10.2. The molecule has 1 aliphatic rings. The molecule has 13 heavy (non-hydrogen) atoms. The maximum atomic E-state index is 6.01. The summed E-state index contributed by atoms with van der Waals surface area (Å²) in [5, 5.41) is 0. The lowest BCUT2D eigenvalue weighted by atomic mass is 10.1. The van der Waals surface area contributed by atoms with Gasteiger partial charge in [-0.2, -0.15) is 0 Å². The smallest absolute Gasteiger partial charge is 0.241 e. The first kappa shape index (κ1) is 10.8. The second-order valence-electron chi connectivity index (χ2n) is 4.84. The highest BCUT2D eigenvalue weighted by Crippen LogP contribution is 2.21. The molecule has 0 fully saturated rings. The molecule has 0 saturated heterocycles. The Bertz CT molecular complexity index is 179. The number of rotatable bonds is 2. The van der Waals surface area contributed by atoms with Crippen LogP contribution in [0.4, 0.5) is 0 Å². The van der Waals surface area contributed by atoms with Crippen LogP contribution in [0.5, 0.6) is 0 Å². The van der Waals surface area contributed by atoms with Crippen molar-refractivity contribution < 1.29 is 4.43 Å². The first-order chi connectivity index (χ1) is 6.08. The molecule has 0 aromatic heterocycles. The van der Waals surface area contributed by atoms with Crippen molar-refractivity contribution in [1.29, 1.82) is 0 Å². The fourth-order valence-electron chi connectivity index (χ4n) is 1.65. The van der Waals surface area contributed by atoms with Crippen molar-refractivity contribution in [2.75, 3.05) is 0 Å². The maximum Gasteiger partial charge on any atom is 0.241 e. The number of allylic oxidation sites excluding steroid dienone is 2. The second-order valence-corrected chi connectivity index (χ2v) is 9.27. The molecule has 76 valence electrons. The summed E-state index contributed by atoms with van der Waals surface area (Å²) in [5.41, 5.74) is 0. The van der Waals surface area contributed by atoms with E-state index in [-0.39, 0.29) is 0 Å². The number of hydrogen-bond donors (Lipinski definition) is 0. The van der Waals surface area contributed by atoms with Crippen LogP contribution in [-0.2, 0) is 4.43 Å². The summed E-state index contributed by atoms with van der Waals surface area (Å²) in [5.74, 6) is 1.28. The van der Waals surface area contributed by atoms with Crippen LogP contribution < -0.4 is 0 Å². The summed E-state index contributed by atoms with van der Waals surface area (Å²) < 4.78 is 6.01. The van der Waals surface area contributed by atoms with Gasteiger partial charge in [0.15, 0.2) is 0 Å². The van der Waals surface area contributed by atoms with E-state index in [4.69, 9.17) is 4.43 Å². The van der Waals surface area contributed by atoms with Gasteiger partial charge in [0.05, 0.1) is 5.76 Å². The van der Waals surface area contributed by atoms with E-state index in [1.807, 2.05) is 0 Å². The van der Waals surface area contributed by atoms with Crippen molar-refractivity contribution in [2.45, 2.75) is 58.2 Å². The lowest BCUT2D eigenvalue weighted by Gasteiger charge is -2.23. The minimum Gasteiger partial charge on any atom is -0.548 e. The monoisotopic (exact) mass is 198 g/mol. The molecule has 1 aliphatic carbocycles. The van der Waals surface area contributed by atoms with Gasteiger partial charge in [0.25, 0.3) is 0 Å². The van der Waals surface area contributed by atoms with Gasteiger partial charge in [0, 0.05) is 6.42 Å². The highest BCUT2D eigenvalue weighted by atomic mass is 28.4. The van der Waals surface area contributed by atoms with Gasteiger partial charge in [-0.3, -0.25) is 0 Å². The molecule has 0 unspecified atom stereocenters. The average Bonchev–Trinajstić information content (AvgIpc) is 1.92. The van der Waals surface area contributed by atoms with Gasteiger partial charge in [-0.05, 0) is 45.0 Å². The minimum absolute atomic E-state index is 1.17. The van der Waals surface area contributed by atoms with Crippen LogP contribution in [0.2, 0.25) is 19.6 Å². The molecule has 0 atom stereocenters. The average molecular weight is 198 g/mol. The Hall–Kier alpha value is -0.243. The van der Waals surface area contributed by atoms with Crippen LogP contribution in [0.3, 0.4) is 0 Å². The first-order valence-corrected chi connectivity index (χ1v) is 8.87. The molecule has 0 heterocycles. The van der Waals surface area contributed by atoms with Crippen LogP contribution >= 0.6 is 0 Å². The highest BCUT2D eigenvalue weighted by Gasteiger charge is 2.17. The lowest BCUT2D eigenvalue weighted by Crippen LogP contribution is -2.25. The van der Waals surface area contributed by atoms with Crippen LogP contribution in [0.25, 0.3) is 0 Å². The van der Waals surface area contributed by atoms with Crippen LogP contribution in [0.15, 0.2) is 11.8 Å². The maximum absolute atomic E-state index is 6.01. The summed E-state index contributed by atoms with van der Waals surface area (Å²) in [6.07, 6.45) is 10.2. The van der Waals surface area contributed by atoms with E-state index in [1.54, 1.807) is 0 Å². The van der Waals surface area contributed by atoms with Gasteiger partial charge in [-0.25, -0.2) is 0 Å². The summed E-state index contributed by atoms with van der Waals surface area (Å²) in [6.45, 7) is 6.77. The van der Waals surface area contributed by atoms with Gasteiger partial charge in [0.1, 0.15) is 0 Å². The minimum atomic E-state index is -1.35. The topological polar surface area (TPSA) is 9.23 Å². The Balaban J connectivity index is 2.45. The van der Waals surface area contributed by atoms with Gasteiger partial charge in [-0.1, -0.05) is 12.8 Å². The molecule has 0 bridgehead atoms. The second kappa shape index (κ2) is 4.84. The van der Waals surface area contributed by atoms with Crippen molar-refractivity contribution in [1.82, 2.24) is 0 Å². The molecular formula is C11H22OSi. The zero-order valence-electron chi connectivity index (χ0n) is 9.23. The Morgan fingerprint density at radius 3 is 2.46 bits per heavy atom. The van der Waals surface area contributed by atoms with Gasteiger partial charge in [0.2, 0.25) is 8.32 Å². The third-order valence-electron chi connectivity index (χ3n) is 2.19. The molecule has 0 spiro atoms. The summed E-state index contributed by atoms with van der Waals surface area (Å²) in [7, 11) is -1.35. The fourth-order valence-corrected chi connectivity index (χ4v) is 2.62. The van der Waals surface area contributed by atoms with E-state index in [0.717, 1.165) is 0 Å². The predicted molar refractivity (Wildman–Crippen MR) is 60.2 cm³/mol. The van der Waals surface area contributed by atoms with E-state index in [9.17, 15) is 0 Å². The Morgan fingerprint density at radius 2 is 1.77 bits per heavy atom. The van der Waals surface area contributed by atoms with Crippen LogP contribution in [0.1, 0.15) is 38.5 Å². The van der Waals surface area contributed by atoms with E-state index in [0.29, 0.717) is 0 Å². The summed E-state index contributed by atoms with van der Waals surface area (Å²) >= 11 is 0. The van der Waals surface area contributed by atoms with E-state index < -0.39 is 8.32 Å². The molecule has 2 heteroatoms. The van der Waals surface area contributed by atoms with Crippen molar-refractivity contribution in [3.8, 4) is 0 Å². The predicted octanol–water partition coefficient (Wildman–Crippen LogP) is 4.08. The zero-order chi connectivity index (χ0) is 9.73. The SMILES string of the molecule is C[Si](C)(C)O/C1=C/CCCCCC1. The quantitative estimate of drug-likeness (QED) is 0.608. The third-order valence-corrected chi connectivity index (χ3v) is 3.06. The normalized spacial score (nSPS) is 24.1. The van der Waals surface area contributed by atoms with E-state index in [2.05, 4.69) is 25.7 Å². The molecule has 0 radical (unpaired) electrons. The van der Waals surface area contributed by atoms with Crippen LogP contribution in [0, 0.1) is 0 Å². The molecule has 0 saturated carbocycles. The highest BCUT2D eigenvalue weighted by molar-refractivity contribution is 6.70. The van der Waals surface area contributed by atoms with Gasteiger partial charge in [-0.15, -0.1) is 0 Å². The van der Waals surface area contributed by atoms with Crippen molar-refractivity contribution >= 4 is 8.32 Å². The molecule has 0 aromatic carbocycles.